The zero-order chi connectivity index (χ0) is 18.2. The van der Waals surface area contributed by atoms with Gasteiger partial charge in [0.1, 0.15) is 5.75 Å². The topological polar surface area (TPSA) is 46.2 Å². The standard InChI is InChI=1S/C18H28F3NO.ClH/c1-16(2,3)11-9-12(14(22)7-8-18(19,20)21)15(23)13(10-11)17(4,5)6;/h9-10,14,23H,7-8,22H2,1-6H3;1H/t14-;/m0./s1. The highest BCUT2D eigenvalue weighted by atomic mass is 35.5. The zero-order valence-electron chi connectivity index (χ0n) is 15.2. The van der Waals surface area contributed by atoms with Gasteiger partial charge in [-0.1, -0.05) is 47.6 Å². The summed E-state index contributed by atoms with van der Waals surface area (Å²) in [6.45, 7) is 11.9. The van der Waals surface area contributed by atoms with E-state index in [1.54, 1.807) is 6.07 Å². The lowest BCUT2D eigenvalue weighted by atomic mass is 9.78. The average Bonchev–Trinajstić information content (AvgIpc) is 2.32. The molecule has 0 saturated heterocycles. The first kappa shape index (κ1) is 23.1. The molecule has 0 heterocycles. The second-order valence-electron chi connectivity index (χ2n) is 8.22. The molecule has 1 atom stereocenters. The van der Waals surface area contributed by atoms with Crippen LogP contribution in [0.5, 0.6) is 5.75 Å². The highest BCUT2D eigenvalue weighted by Gasteiger charge is 2.30. The van der Waals surface area contributed by atoms with Crippen molar-refractivity contribution in [3.8, 4) is 5.75 Å². The second kappa shape index (κ2) is 7.52. The summed E-state index contributed by atoms with van der Waals surface area (Å²) in [5.74, 6) is 0.0141. The van der Waals surface area contributed by atoms with E-state index in [9.17, 15) is 18.3 Å². The van der Waals surface area contributed by atoms with E-state index in [0.717, 1.165) is 5.56 Å². The van der Waals surface area contributed by atoms with Gasteiger partial charge in [-0.2, -0.15) is 13.2 Å². The molecular weight excluding hydrogens is 339 g/mol. The molecular formula is C18H29ClF3NO. The monoisotopic (exact) mass is 367 g/mol. The molecule has 0 amide bonds. The maximum absolute atomic E-state index is 12.5. The lowest BCUT2D eigenvalue weighted by molar-refractivity contribution is -0.136. The molecule has 0 aliphatic rings. The smallest absolute Gasteiger partial charge is 0.389 e. The first-order valence-corrected chi connectivity index (χ1v) is 7.83. The van der Waals surface area contributed by atoms with Gasteiger partial charge in [-0.3, -0.25) is 0 Å². The minimum absolute atomic E-state index is 0. The Morgan fingerprint density at radius 1 is 1.00 bits per heavy atom. The van der Waals surface area contributed by atoms with E-state index >= 15 is 0 Å². The fourth-order valence-electron chi connectivity index (χ4n) is 2.42. The third kappa shape index (κ3) is 6.17. The van der Waals surface area contributed by atoms with Crippen LogP contribution in [0.25, 0.3) is 0 Å². The molecule has 6 heteroatoms. The molecule has 0 fully saturated rings. The van der Waals surface area contributed by atoms with E-state index in [2.05, 4.69) is 0 Å². The number of aromatic hydroxyl groups is 1. The molecule has 24 heavy (non-hydrogen) atoms. The molecule has 0 aromatic heterocycles. The quantitative estimate of drug-likeness (QED) is 0.714. The van der Waals surface area contributed by atoms with E-state index in [0.29, 0.717) is 11.1 Å². The number of phenolic OH excluding ortho intramolecular Hbond substituents is 1. The maximum Gasteiger partial charge on any atom is 0.389 e. The van der Waals surface area contributed by atoms with Gasteiger partial charge in [0.2, 0.25) is 0 Å². The molecule has 1 rings (SSSR count). The number of hydrogen-bond acceptors (Lipinski definition) is 2. The molecule has 1 aromatic carbocycles. The Bertz CT molecular complexity index is 557. The van der Waals surface area contributed by atoms with Gasteiger partial charge in [0.05, 0.1) is 0 Å². The molecule has 140 valence electrons. The minimum Gasteiger partial charge on any atom is -0.507 e. The second-order valence-corrected chi connectivity index (χ2v) is 8.22. The van der Waals surface area contributed by atoms with Crippen LogP contribution in [0.4, 0.5) is 13.2 Å². The van der Waals surface area contributed by atoms with Gasteiger partial charge in [0.15, 0.2) is 0 Å². The normalized spacial score (nSPS) is 14.2. The maximum atomic E-state index is 12.5. The van der Waals surface area contributed by atoms with Gasteiger partial charge in [-0.05, 0) is 34.4 Å². The first-order chi connectivity index (χ1) is 10.1. The summed E-state index contributed by atoms with van der Waals surface area (Å²) in [5.41, 5.74) is 7.51. The molecule has 0 unspecified atom stereocenters. The zero-order valence-corrected chi connectivity index (χ0v) is 16.0. The summed E-state index contributed by atoms with van der Waals surface area (Å²) >= 11 is 0. The SMILES string of the molecule is CC(C)(C)c1cc([C@@H](N)CCC(F)(F)F)c(O)c(C(C)(C)C)c1.Cl. The van der Waals surface area contributed by atoms with Crippen LogP contribution in [0.2, 0.25) is 0 Å². The summed E-state index contributed by atoms with van der Waals surface area (Å²) in [6.07, 6.45) is -5.45. The fourth-order valence-corrected chi connectivity index (χ4v) is 2.42. The summed E-state index contributed by atoms with van der Waals surface area (Å²) in [6, 6.07) is 2.82. The Morgan fingerprint density at radius 3 is 1.88 bits per heavy atom. The van der Waals surface area contributed by atoms with Crippen LogP contribution < -0.4 is 5.73 Å². The lowest BCUT2D eigenvalue weighted by Crippen LogP contribution is -2.21. The van der Waals surface area contributed by atoms with Crippen molar-refractivity contribution in [1.82, 2.24) is 0 Å². The van der Waals surface area contributed by atoms with Crippen molar-refractivity contribution in [2.24, 2.45) is 5.73 Å². The summed E-state index contributed by atoms with van der Waals surface area (Å²) < 4.78 is 37.4. The number of hydrogen-bond donors (Lipinski definition) is 2. The molecule has 0 bridgehead atoms. The molecule has 3 N–H and O–H groups in total. The largest absolute Gasteiger partial charge is 0.507 e. The number of rotatable bonds is 3. The van der Waals surface area contributed by atoms with Gasteiger partial charge in [0.25, 0.3) is 0 Å². The van der Waals surface area contributed by atoms with Crippen molar-refractivity contribution in [1.29, 1.82) is 0 Å². The number of benzene rings is 1. The van der Waals surface area contributed by atoms with Crippen LogP contribution in [0, 0.1) is 0 Å². The van der Waals surface area contributed by atoms with Crippen LogP contribution in [0.15, 0.2) is 12.1 Å². The predicted molar refractivity (Wildman–Crippen MR) is 95.0 cm³/mol. The molecule has 1 aromatic rings. The lowest BCUT2D eigenvalue weighted by Gasteiger charge is -2.29. The van der Waals surface area contributed by atoms with Crippen LogP contribution in [0.3, 0.4) is 0 Å². The van der Waals surface area contributed by atoms with Crippen LogP contribution >= 0.6 is 12.4 Å². The van der Waals surface area contributed by atoms with Crippen molar-refractivity contribution >= 4 is 12.4 Å². The molecule has 0 aliphatic heterocycles. The highest BCUT2D eigenvalue weighted by molar-refractivity contribution is 5.85. The van der Waals surface area contributed by atoms with Gasteiger partial charge >= 0.3 is 6.18 Å². The Labute approximate surface area is 149 Å². The van der Waals surface area contributed by atoms with Crippen LogP contribution in [-0.4, -0.2) is 11.3 Å². The minimum atomic E-state index is -4.25. The van der Waals surface area contributed by atoms with Crippen molar-refractivity contribution < 1.29 is 18.3 Å². The van der Waals surface area contributed by atoms with Crippen molar-refractivity contribution in [2.45, 2.75) is 77.4 Å². The van der Waals surface area contributed by atoms with E-state index in [4.69, 9.17) is 5.73 Å². The number of alkyl halides is 3. The van der Waals surface area contributed by atoms with Crippen molar-refractivity contribution in [2.75, 3.05) is 0 Å². The first-order valence-electron chi connectivity index (χ1n) is 7.83. The Kier molecular flexibility index (Phi) is 7.23. The number of phenols is 1. The van der Waals surface area contributed by atoms with Gasteiger partial charge in [0, 0.05) is 18.0 Å². The summed E-state index contributed by atoms with van der Waals surface area (Å²) in [7, 11) is 0. The molecule has 0 radical (unpaired) electrons. The molecule has 0 spiro atoms. The number of halogens is 4. The Balaban J connectivity index is 0.00000529. The average molecular weight is 368 g/mol. The van der Waals surface area contributed by atoms with Gasteiger partial charge < -0.3 is 10.8 Å². The molecule has 2 nitrogen and oxygen atoms in total. The predicted octanol–water partition coefficient (Wildman–Crippen LogP) is 5.75. The third-order valence-corrected chi connectivity index (χ3v) is 3.95. The van der Waals surface area contributed by atoms with Gasteiger partial charge in [-0.25, -0.2) is 0 Å². The fraction of sp³-hybridized carbons (Fsp3) is 0.667. The highest BCUT2D eigenvalue weighted by Crippen LogP contribution is 2.40. The van der Waals surface area contributed by atoms with E-state index in [1.165, 1.54) is 0 Å². The molecule has 0 saturated carbocycles. The van der Waals surface area contributed by atoms with Gasteiger partial charge in [-0.15, -0.1) is 12.4 Å². The third-order valence-electron chi connectivity index (χ3n) is 3.95. The van der Waals surface area contributed by atoms with Crippen molar-refractivity contribution in [3.63, 3.8) is 0 Å². The summed E-state index contributed by atoms with van der Waals surface area (Å²) in [4.78, 5) is 0. The van der Waals surface area contributed by atoms with Crippen LogP contribution in [0.1, 0.15) is 77.1 Å². The van der Waals surface area contributed by atoms with Crippen molar-refractivity contribution in [3.05, 3.63) is 28.8 Å². The molecule has 0 aliphatic carbocycles. The van der Waals surface area contributed by atoms with E-state index in [-0.39, 0.29) is 35.4 Å². The Morgan fingerprint density at radius 2 is 1.50 bits per heavy atom. The summed E-state index contributed by atoms with van der Waals surface area (Å²) in [5, 5.41) is 10.6. The Hall–Kier alpha value is -0.940. The van der Waals surface area contributed by atoms with E-state index < -0.39 is 18.6 Å². The van der Waals surface area contributed by atoms with Crippen LogP contribution in [-0.2, 0) is 10.8 Å². The number of nitrogens with two attached hydrogens (primary N) is 1. The van der Waals surface area contributed by atoms with E-state index in [1.807, 2.05) is 47.6 Å².